The fourth-order valence-corrected chi connectivity index (χ4v) is 3.38. The Labute approximate surface area is 170 Å². The standard InChI is InChI=1S/C22H28FNO3S/c1-3-5-6-8-19(16-23)9-7-14-27-20-12-10-18(11-13-20)15-21(28-4-2)22(26)24-17-25/h3,5-6,8,10-13,16-17,21H,4,7,9,14-15H2,1-2H3,(H,24,25,26)/b5-3-,8-6-,19-16-. The molecule has 0 radical (unpaired) electrons. The van der Waals surface area contributed by atoms with Crippen molar-refractivity contribution in [3.8, 4) is 5.75 Å². The number of carbonyl (C=O) groups is 2. The van der Waals surface area contributed by atoms with E-state index in [2.05, 4.69) is 5.32 Å². The molecule has 1 atom stereocenters. The lowest BCUT2D eigenvalue weighted by atomic mass is 10.1. The van der Waals surface area contributed by atoms with Crippen LogP contribution in [0.25, 0.3) is 0 Å². The smallest absolute Gasteiger partial charge is 0.239 e. The average molecular weight is 406 g/mol. The van der Waals surface area contributed by atoms with Crippen LogP contribution in [0.2, 0.25) is 0 Å². The number of nitrogens with one attached hydrogen (secondary N) is 1. The molecule has 0 saturated heterocycles. The first-order valence-electron chi connectivity index (χ1n) is 9.30. The van der Waals surface area contributed by atoms with Crippen LogP contribution in [0.4, 0.5) is 4.39 Å². The summed E-state index contributed by atoms with van der Waals surface area (Å²) in [5, 5.41) is 1.92. The highest BCUT2D eigenvalue weighted by molar-refractivity contribution is 8.00. The van der Waals surface area contributed by atoms with Gasteiger partial charge in [0.05, 0.1) is 18.2 Å². The van der Waals surface area contributed by atoms with Crippen LogP contribution < -0.4 is 10.1 Å². The van der Waals surface area contributed by atoms with Gasteiger partial charge in [-0.3, -0.25) is 14.9 Å². The van der Waals surface area contributed by atoms with Crippen molar-refractivity contribution in [2.75, 3.05) is 12.4 Å². The van der Waals surface area contributed by atoms with Gasteiger partial charge >= 0.3 is 0 Å². The molecule has 1 unspecified atom stereocenters. The van der Waals surface area contributed by atoms with Crippen molar-refractivity contribution in [2.45, 2.75) is 38.4 Å². The summed E-state index contributed by atoms with van der Waals surface area (Å²) < 4.78 is 18.5. The molecule has 28 heavy (non-hydrogen) atoms. The van der Waals surface area contributed by atoms with Crippen LogP contribution in [0.15, 0.2) is 60.5 Å². The molecule has 0 aliphatic rings. The van der Waals surface area contributed by atoms with Crippen LogP contribution in [0, 0.1) is 0 Å². The van der Waals surface area contributed by atoms with Crippen molar-refractivity contribution >= 4 is 24.1 Å². The summed E-state index contributed by atoms with van der Waals surface area (Å²) in [6, 6.07) is 7.55. The second-order valence-corrected chi connectivity index (χ2v) is 7.42. The Morgan fingerprint density at radius 1 is 1.29 bits per heavy atom. The topological polar surface area (TPSA) is 55.4 Å². The van der Waals surface area contributed by atoms with E-state index < -0.39 is 0 Å². The van der Waals surface area contributed by atoms with Crippen LogP contribution >= 0.6 is 11.8 Å². The maximum Gasteiger partial charge on any atom is 0.239 e. The number of ether oxygens (including phenoxy) is 1. The molecule has 0 aliphatic carbocycles. The van der Waals surface area contributed by atoms with E-state index in [1.807, 2.05) is 56.3 Å². The molecule has 152 valence electrons. The molecule has 4 nitrogen and oxygen atoms in total. The lowest BCUT2D eigenvalue weighted by Crippen LogP contribution is -2.33. The molecule has 0 spiro atoms. The Bertz CT molecular complexity index is 684. The maximum atomic E-state index is 12.8. The number of hydrogen-bond donors (Lipinski definition) is 1. The van der Waals surface area contributed by atoms with Gasteiger partial charge in [-0.05, 0) is 55.2 Å². The minimum atomic E-state index is -0.302. The molecule has 2 amide bonds. The van der Waals surface area contributed by atoms with E-state index in [0.717, 1.165) is 17.1 Å². The van der Waals surface area contributed by atoms with Gasteiger partial charge in [0.1, 0.15) is 5.75 Å². The summed E-state index contributed by atoms with van der Waals surface area (Å²) in [4.78, 5) is 22.4. The van der Waals surface area contributed by atoms with E-state index in [0.29, 0.717) is 44.2 Å². The molecule has 6 heteroatoms. The van der Waals surface area contributed by atoms with E-state index in [-0.39, 0.29) is 11.2 Å². The van der Waals surface area contributed by atoms with Crippen LogP contribution in [0.1, 0.15) is 32.3 Å². The Balaban J connectivity index is 2.47. The zero-order chi connectivity index (χ0) is 20.6. The van der Waals surface area contributed by atoms with Crippen molar-refractivity contribution in [2.24, 2.45) is 0 Å². The first kappa shape index (κ1) is 23.7. The van der Waals surface area contributed by atoms with Gasteiger partial charge < -0.3 is 4.74 Å². The Hall–Kier alpha value is -2.34. The van der Waals surface area contributed by atoms with Gasteiger partial charge in [-0.25, -0.2) is 4.39 Å². The number of amides is 2. The van der Waals surface area contributed by atoms with Gasteiger partial charge in [0.2, 0.25) is 12.3 Å². The second kappa shape index (κ2) is 14.7. The average Bonchev–Trinajstić information content (AvgIpc) is 2.70. The third kappa shape index (κ3) is 9.55. The summed E-state index contributed by atoms with van der Waals surface area (Å²) in [6.45, 7) is 4.37. The summed E-state index contributed by atoms with van der Waals surface area (Å²) in [5.41, 5.74) is 1.63. The molecule has 1 N–H and O–H groups in total. The van der Waals surface area contributed by atoms with E-state index >= 15 is 0 Å². The molecule has 0 bridgehead atoms. The molecule has 1 aromatic rings. The second-order valence-electron chi connectivity index (χ2n) is 5.94. The van der Waals surface area contributed by atoms with Gasteiger partial charge in [0.15, 0.2) is 0 Å². The fraction of sp³-hybridized carbons (Fsp3) is 0.364. The first-order valence-corrected chi connectivity index (χ1v) is 10.3. The highest BCUT2D eigenvalue weighted by atomic mass is 32.2. The van der Waals surface area contributed by atoms with Crippen LogP contribution in [0.3, 0.4) is 0 Å². The molecule has 1 aromatic carbocycles. The number of imide groups is 1. The lowest BCUT2D eigenvalue weighted by Gasteiger charge is -2.14. The largest absolute Gasteiger partial charge is 0.494 e. The van der Waals surface area contributed by atoms with Gasteiger partial charge in [-0.1, -0.05) is 43.4 Å². The summed E-state index contributed by atoms with van der Waals surface area (Å²) in [7, 11) is 0. The predicted octanol–water partition coefficient (Wildman–Crippen LogP) is 4.77. The molecule has 0 aromatic heterocycles. The monoisotopic (exact) mass is 405 g/mol. The third-order valence-corrected chi connectivity index (χ3v) is 4.95. The number of carbonyl (C=O) groups excluding carboxylic acids is 2. The minimum Gasteiger partial charge on any atom is -0.494 e. The summed E-state index contributed by atoms with van der Waals surface area (Å²) >= 11 is 1.50. The van der Waals surface area contributed by atoms with Gasteiger partial charge in [0, 0.05) is 0 Å². The SMILES string of the molecule is C\C=C/C=C\C(=C\F)CCCOc1ccc(CC(SCC)C(=O)NC=O)cc1. The zero-order valence-electron chi connectivity index (χ0n) is 16.4. The van der Waals surface area contributed by atoms with E-state index in [1.54, 1.807) is 6.08 Å². The lowest BCUT2D eigenvalue weighted by molar-refractivity contribution is -0.124. The highest BCUT2D eigenvalue weighted by Gasteiger charge is 2.18. The third-order valence-electron chi connectivity index (χ3n) is 3.84. The van der Waals surface area contributed by atoms with E-state index in [9.17, 15) is 14.0 Å². The van der Waals surface area contributed by atoms with Crippen LogP contribution in [-0.4, -0.2) is 29.9 Å². The first-order chi connectivity index (χ1) is 13.6. The number of allylic oxidation sites excluding steroid dienone is 5. The van der Waals surface area contributed by atoms with Crippen LogP contribution in [0.5, 0.6) is 5.75 Å². The Morgan fingerprint density at radius 2 is 2.04 bits per heavy atom. The molecule has 1 rings (SSSR count). The van der Waals surface area contributed by atoms with Crippen molar-refractivity contribution < 1.29 is 18.7 Å². The Kier molecular flexibility index (Phi) is 12.4. The predicted molar refractivity (Wildman–Crippen MR) is 114 cm³/mol. The van der Waals surface area contributed by atoms with Gasteiger partial charge in [-0.2, -0.15) is 0 Å². The molecule has 0 saturated carbocycles. The van der Waals surface area contributed by atoms with E-state index in [4.69, 9.17) is 4.74 Å². The summed E-state index contributed by atoms with van der Waals surface area (Å²) in [5.74, 6) is 1.25. The molecular formula is C22H28FNO3S. The highest BCUT2D eigenvalue weighted by Crippen LogP contribution is 2.19. The molecule has 0 heterocycles. The van der Waals surface area contributed by atoms with Gasteiger partial charge in [-0.15, -0.1) is 11.8 Å². The maximum absolute atomic E-state index is 12.8. The van der Waals surface area contributed by atoms with Crippen molar-refractivity contribution in [1.82, 2.24) is 5.32 Å². The number of rotatable bonds is 13. The number of halogens is 1. The van der Waals surface area contributed by atoms with Crippen molar-refractivity contribution in [3.05, 3.63) is 66.0 Å². The van der Waals surface area contributed by atoms with Crippen LogP contribution in [-0.2, 0) is 16.0 Å². The fourth-order valence-electron chi connectivity index (χ4n) is 2.45. The number of hydrogen-bond acceptors (Lipinski definition) is 4. The van der Waals surface area contributed by atoms with Crippen molar-refractivity contribution in [1.29, 1.82) is 0 Å². The van der Waals surface area contributed by atoms with Gasteiger partial charge in [0.25, 0.3) is 0 Å². The molecule has 0 fully saturated rings. The van der Waals surface area contributed by atoms with E-state index in [1.165, 1.54) is 11.8 Å². The minimum absolute atomic E-state index is 0.276. The zero-order valence-corrected chi connectivity index (χ0v) is 17.2. The Morgan fingerprint density at radius 3 is 2.64 bits per heavy atom. The number of benzene rings is 1. The normalized spacial score (nSPS) is 13.0. The quantitative estimate of drug-likeness (QED) is 0.292. The molecular weight excluding hydrogens is 377 g/mol. The number of thioether (sulfide) groups is 1. The summed E-state index contributed by atoms with van der Waals surface area (Å²) in [6.07, 6.45) is 10.2. The molecule has 0 aliphatic heterocycles. The van der Waals surface area contributed by atoms with Crippen molar-refractivity contribution in [3.63, 3.8) is 0 Å².